The molecule has 1 aliphatic heterocycles. The van der Waals surface area contributed by atoms with Crippen LogP contribution in [0.2, 0.25) is 5.02 Å². The van der Waals surface area contributed by atoms with Crippen LogP contribution in [0, 0.1) is 18.3 Å². The van der Waals surface area contributed by atoms with Gasteiger partial charge in [0.05, 0.1) is 11.5 Å². The highest BCUT2D eigenvalue weighted by Gasteiger charge is 2.34. The number of hydrogen-bond donors (Lipinski definition) is 1. The maximum Gasteiger partial charge on any atom is 0.343 e. The smallest absolute Gasteiger partial charge is 0.343 e. The van der Waals surface area contributed by atoms with Gasteiger partial charge in [-0.25, -0.2) is 4.79 Å². The number of rotatable bonds is 3. The summed E-state index contributed by atoms with van der Waals surface area (Å²) in [5.41, 5.74) is 6.40. The highest BCUT2D eigenvalue weighted by Crippen LogP contribution is 2.41. The minimum atomic E-state index is -0.727. The Morgan fingerprint density at radius 3 is 2.62 bits per heavy atom. The van der Waals surface area contributed by atoms with Gasteiger partial charge in [-0.2, -0.15) is 5.26 Å². The molecule has 2 heterocycles. The van der Waals surface area contributed by atoms with E-state index in [2.05, 4.69) is 6.07 Å². The number of nitrogens with zero attached hydrogens (tertiary/aromatic N) is 1. The molecule has 0 aliphatic carbocycles. The zero-order valence-corrected chi connectivity index (χ0v) is 16.1. The van der Waals surface area contributed by atoms with E-state index < -0.39 is 11.5 Å². The van der Waals surface area contributed by atoms with Crippen LogP contribution in [0.4, 0.5) is 0 Å². The number of allylic oxidation sites excluding steroid dienone is 1. The van der Waals surface area contributed by atoms with Crippen LogP contribution in [0.5, 0.6) is 17.2 Å². The zero-order valence-electron chi connectivity index (χ0n) is 15.3. The number of halogens is 1. The summed E-state index contributed by atoms with van der Waals surface area (Å²) in [4.78, 5) is 12.6. The van der Waals surface area contributed by atoms with E-state index in [1.54, 1.807) is 61.5 Å². The van der Waals surface area contributed by atoms with Crippen LogP contribution in [-0.4, -0.2) is 0 Å². The molecule has 0 saturated carbocycles. The Morgan fingerprint density at radius 2 is 1.90 bits per heavy atom. The standard InChI is InChI=1S/C22H15ClN2O4/c1-12-9-18-20(22(26)27-12)19(17(11-24)21(25)29-18)13-3-2-4-16(10-13)28-15-7-5-14(23)6-8-15/h2-10,19H,25H2,1H3/t19-/m0/s1. The summed E-state index contributed by atoms with van der Waals surface area (Å²) < 4.78 is 16.6. The van der Waals surface area contributed by atoms with Crippen molar-refractivity contribution >= 4 is 11.6 Å². The Labute approximate surface area is 171 Å². The predicted molar refractivity (Wildman–Crippen MR) is 107 cm³/mol. The molecule has 0 fully saturated rings. The molecule has 2 N–H and O–H groups in total. The Balaban J connectivity index is 1.81. The Bertz CT molecular complexity index is 1220. The lowest BCUT2D eigenvalue weighted by molar-refractivity contribution is 0.371. The predicted octanol–water partition coefficient (Wildman–Crippen LogP) is 4.61. The Kier molecular flexibility index (Phi) is 4.75. The van der Waals surface area contributed by atoms with Gasteiger partial charge in [0, 0.05) is 11.1 Å². The number of nitriles is 1. The number of nitrogens with two attached hydrogens (primary N) is 1. The molecule has 0 radical (unpaired) electrons. The molecule has 2 aromatic carbocycles. The summed E-state index contributed by atoms with van der Waals surface area (Å²) in [6.07, 6.45) is 0. The van der Waals surface area contributed by atoms with E-state index in [0.29, 0.717) is 27.8 Å². The fourth-order valence-electron chi connectivity index (χ4n) is 3.25. The van der Waals surface area contributed by atoms with Crippen LogP contribution in [0.25, 0.3) is 0 Å². The van der Waals surface area contributed by atoms with Crippen LogP contribution >= 0.6 is 11.6 Å². The number of aryl methyl sites for hydroxylation is 1. The van der Waals surface area contributed by atoms with Gasteiger partial charge in [-0.15, -0.1) is 0 Å². The molecule has 1 atom stereocenters. The van der Waals surface area contributed by atoms with Gasteiger partial charge < -0.3 is 19.6 Å². The van der Waals surface area contributed by atoms with E-state index in [1.165, 1.54) is 0 Å². The van der Waals surface area contributed by atoms with Crippen molar-refractivity contribution in [1.82, 2.24) is 0 Å². The molecule has 0 bridgehead atoms. The van der Waals surface area contributed by atoms with Crippen LogP contribution in [0.1, 0.15) is 22.8 Å². The molecule has 29 heavy (non-hydrogen) atoms. The maximum absolute atomic E-state index is 12.6. The molecule has 0 spiro atoms. The van der Waals surface area contributed by atoms with Crippen molar-refractivity contribution in [3.05, 3.63) is 98.4 Å². The highest BCUT2D eigenvalue weighted by molar-refractivity contribution is 6.30. The summed E-state index contributed by atoms with van der Waals surface area (Å²) in [6.45, 7) is 1.64. The summed E-state index contributed by atoms with van der Waals surface area (Å²) >= 11 is 5.91. The molecule has 6 nitrogen and oxygen atoms in total. The second-order valence-electron chi connectivity index (χ2n) is 6.48. The first-order chi connectivity index (χ1) is 14.0. The zero-order chi connectivity index (χ0) is 20.5. The third-order valence-electron chi connectivity index (χ3n) is 4.50. The average molecular weight is 407 g/mol. The first kappa shape index (κ1) is 18.7. The van der Waals surface area contributed by atoms with Gasteiger partial charge in [-0.3, -0.25) is 0 Å². The second kappa shape index (κ2) is 7.38. The van der Waals surface area contributed by atoms with E-state index in [9.17, 15) is 10.1 Å². The summed E-state index contributed by atoms with van der Waals surface area (Å²) in [6, 6.07) is 17.7. The Hall–Kier alpha value is -3.69. The fraction of sp³-hybridized carbons (Fsp3) is 0.0909. The van der Waals surface area contributed by atoms with Gasteiger partial charge in [0.1, 0.15) is 34.7 Å². The first-order valence-electron chi connectivity index (χ1n) is 8.72. The quantitative estimate of drug-likeness (QED) is 0.681. The van der Waals surface area contributed by atoms with E-state index in [1.807, 2.05) is 0 Å². The normalized spacial score (nSPS) is 15.3. The van der Waals surface area contributed by atoms with Crippen molar-refractivity contribution in [2.45, 2.75) is 12.8 Å². The van der Waals surface area contributed by atoms with Gasteiger partial charge in [0.25, 0.3) is 0 Å². The number of hydrogen-bond acceptors (Lipinski definition) is 6. The van der Waals surface area contributed by atoms with E-state index in [-0.39, 0.29) is 22.8 Å². The third kappa shape index (κ3) is 3.56. The molecular weight excluding hydrogens is 392 g/mol. The second-order valence-corrected chi connectivity index (χ2v) is 6.91. The molecular formula is C22H15ClN2O4. The first-order valence-corrected chi connectivity index (χ1v) is 9.09. The molecule has 1 aromatic heterocycles. The maximum atomic E-state index is 12.6. The molecule has 0 saturated heterocycles. The van der Waals surface area contributed by atoms with E-state index in [4.69, 9.17) is 31.2 Å². The van der Waals surface area contributed by atoms with Gasteiger partial charge in [0.15, 0.2) is 0 Å². The topological polar surface area (TPSA) is 98.5 Å². The van der Waals surface area contributed by atoms with Gasteiger partial charge in [0.2, 0.25) is 5.88 Å². The molecule has 144 valence electrons. The van der Waals surface area contributed by atoms with Crippen LogP contribution in [0.3, 0.4) is 0 Å². The molecule has 4 rings (SSSR count). The molecule has 3 aromatic rings. The van der Waals surface area contributed by atoms with Crippen molar-refractivity contribution in [2.75, 3.05) is 0 Å². The summed E-state index contributed by atoms with van der Waals surface area (Å²) in [7, 11) is 0. The minimum Gasteiger partial charge on any atom is -0.457 e. The number of fused-ring (bicyclic) bond motifs is 1. The monoisotopic (exact) mass is 406 g/mol. The lowest BCUT2D eigenvalue weighted by Gasteiger charge is -2.25. The van der Waals surface area contributed by atoms with Crippen molar-refractivity contribution in [2.24, 2.45) is 5.73 Å². The molecule has 7 heteroatoms. The summed E-state index contributed by atoms with van der Waals surface area (Å²) in [5.74, 6) is 1.04. The number of ether oxygens (including phenoxy) is 2. The Morgan fingerprint density at radius 1 is 1.14 bits per heavy atom. The SMILES string of the molecule is Cc1cc2c(c(=O)o1)[C@@H](c1cccc(Oc3ccc(Cl)cc3)c1)C(C#N)=C(N)O2. The lowest BCUT2D eigenvalue weighted by atomic mass is 9.84. The van der Waals surface area contributed by atoms with E-state index >= 15 is 0 Å². The highest BCUT2D eigenvalue weighted by atomic mass is 35.5. The van der Waals surface area contributed by atoms with Gasteiger partial charge in [-0.1, -0.05) is 23.7 Å². The number of benzene rings is 2. The van der Waals surface area contributed by atoms with Crippen molar-refractivity contribution < 1.29 is 13.9 Å². The molecule has 0 amide bonds. The minimum absolute atomic E-state index is 0.0426. The largest absolute Gasteiger partial charge is 0.457 e. The summed E-state index contributed by atoms with van der Waals surface area (Å²) in [5, 5.41) is 10.3. The van der Waals surface area contributed by atoms with E-state index in [0.717, 1.165) is 0 Å². The molecule has 1 aliphatic rings. The van der Waals surface area contributed by atoms with Gasteiger partial charge >= 0.3 is 5.63 Å². The lowest BCUT2D eigenvalue weighted by Crippen LogP contribution is -2.26. The molecule has 0 unspecified atom stereocenters. The van der Waals surface area contributed by atoms with Crippen LogP contribution < -0.4 is 20.8 Å². The van der Waals surface area contributed by atoms with Crippen molar-refractivity contribution in [3.63, 3.8) is 0 Å². The third-order valence-corrected chi connectivity index (χ3v) is 4.75. The average Bonchev–Trinajstić information content (AvgIpc) is 2.68. The van der Waals surface area contributed by atoms with Crippen LogP contribution in [-0.2, 0) is 0 Å². The van der Waals surface area contributed by atoms with Crippen molar-refractivity contribution in [3.8, 4) is 23.3 Å². The van der Waals surface area contributed by atoms with Gasteiger partial charge in [-0.05, 0) is 48.9 Å². The van der Waals surface area contributed by atoms with Crippen molar-refractivity contribution in [1.29, 1.82) is 5.26 Å². The fourth-order valence-corrected chi connectivity index (χ4v) is 3.37. The van der Waals surface area contributed by atoms with Crippen LogP contribution in [0.15, 0.2) is 75.3 Å².